The quantitative estimate of drug-likeness (QED) is 0.329. The van der Waals surface area contributed by atoms with Crippen LogP contribution in [0, 0.1) is 0 Å². The van der Waals surface area contributed by atoms with E-state index in [1.165, 1.54) is 6.21 Å². The lowest BCUT2D eigenvalue weighted by Gasteiger charge is -2.10. The van der Waals surface area contributed by atoms with Crippen molar-refractivity contribution in [2.45, 2.75) is 0 Å². The van der Waals surface area contributed by atoms with E-state index in [4.69, 9.17) is 21.1 Å². The van der Waals surface area contributed by atoms with Crippen LogP contribution >= 0.6 is 27.5 Å². The van der Waals surface area contributed by atoms with E-state index in [1.54, 1.807) is 73.8 Å². The van der Waals surface area contributed by atoms with Crippen LogP contribution < -0.4 is 20.2 Å². The Morgan fingerprint density at radius 1 is 1.06 bits per heavy atom. The SMILES string of the molecule is COc1ccc(NC(=O)COc2ccc(/C=N/NC(=O)c3ccc(Cl)cc3)cc2Br)cc1. The van der Waals surface area contributed by atoms with Gasteiger partial charge in [-0.2, -0.15) is 5.10 Å². The van der Waals surface area contributed by atoms with Gasteiger partial charge in [-0.25, -0.2) is 5.43 Å². The van der Waals surface area contributed by atoms with Gasteiger partial charge in [0.2, 0.25) is 0 Å². The van der Waals surface area contributed by atoms with Gasteiger partial charge in [0.15, 0.2) is 6.61 Å². The summed E-state index contributed by atoms with van der Waals surface area (Å²) in [5, 5.41) is 7.25. The van der Waals surface area contributed by atoms with Crippen molar-refractivity contribution >= 4 is 51.2 Å². The van der Waals surface area contributed by atoms with Gasteiger partial charge in [0, 0.05) is 16.3 Å². The van der Waals surface area contributed by atoms with Crippen molar-refractivity contribution in [1.29, 1.82) is 0 Å². The number of carbonyl (C=O) groups is 2. The first-order valence-electron chi connectivity index (χ1n) is 9.40. The fourth-order valence-electron chi connectivity index (χ4n) is 2.56. The van der Waals surface area contributed by atoms with Crippen molar-refractivity contribution in [3.63, 3.8) is 0 Å². The zero-order valence-electron chi connectivity index (χ0n) is 17.0. The van der Waals surface area contributed by atoms with Crippen LogP contribution in [0.25, 0.3) is 0 Å². The average Bonchev–Trinajstić information content (AvgIpc) is 2.79. The van der Waals surface area contributed by atoms with Gasteiger partial charge >= 0.3 is 0 Å². The summed E-state index contributed by atoms with van der Waals surface area (Å²) in [7, 11) is 1.58. The van der Waals surface area contributed by atoms with Crippen molar-refractivity contribution in [1.82, 2.24) is 5.43 Å². The summed E-state index contributed by atoms with van der Waals surface area (Å²) in [6.07, 6.45) is 1.50. The minimum Gasteiger partial charge on any atom is -0.497 e. The normalized spacial score (nSPS) is 10.6. The summed E-state index contributed by atoms with van der Waals surface area (Å²) in [6, 6.07) is 18.7. The number of hydrogen-bond donors (Lipinski definition) is 2. The standard InChI is InChI=1S/C23H19BrClN3O4/c1-31-19-9-7-18(8-10-19)27-22(29)14-32-21-11-2-15(12-20(21)24)13-26-28-23(30)16-3-5-17(25)6-4-16/h2-13H,14H2,1H3,(H,27,29)(H,28,30)/b26-13+. The third-order valence-electron chi connectivity index (χ3n) is 4.17. The van der Waals surface area contributed by atoms with Crippen molar-refractivity contribution in [3.8, 4) is 11.5 Å². The molecule has 2 amide bonds. The van der Waals surface area contributed by atoms with Crippen molar-refractivity contribution in [2.75, 3.05) is 19.0 Å². The van der Waals surface area contributed by atoms with E-state index >= 15 is 0 Å². The Labute approximate surface area is 198 Å². The van der Waals surface area contributed by atoms with Crippen LogP contribution in [-0.4, -0.2) is 31.7 Å². The maximum Gasteiger partial charge on any atom is 0.271 e. The second-order valence-electron chi connectivity index (χ2n) is 6.46. The molecule has 0 aliphatic carbocycles. The van der Waals surface area contributed by atoms with Gasteiger partial charge in [0.1, 0.15) is 11.5 Å². The zero-order chi connectivity index (χ0) is 22.9. The van der Waals surface area contributed by atoms with E-state index in [0.29, 0.717) is 32.2 Å². The average molecular weight is 517 g/mol. The van der Waals surface area contributed by atoms with Crippen LogP contribution in [0.15, 0.2) is 76.3 Å². The molecular formula is C23H19BrClN3O4. The number of ether oxygens (including phenoxy) is 2. The number of carbonyl (C=O) groups excluding carboxylic acids is 2. The highest BCUT2D eigenvalue weighted by Gasteiger charge is 2.08. The molecule has 0 radical (unpaired) electrons. The predicted octanol–water partition coefficient (Wildman–Crippen LogP) is 4.89. The van der Waals surface area contributed by atoms with E-state index in [9.17, 15) is 9.59 Å². The Morgan fingerprint density at radius 3 is 2.44 bits per heavy atom. The lowest BCUT2D eigenvalue weighted by atomic mass is 10.2. The molecule has 3 aromatic carbocycles. The van der Waals surface area contributed by atoms with E-state index < -0.39 is 0 Å². The molecule has 3 rings (SSSR count). The fourth-order valence-corrected chi connectivity index (χ4v) is 3.20. The highest BCUT2D eigenvalue weighted by atomic mass is 79.9. The summed E-state index contributed by atoms with van der Waals surface area (Å²) in [5.74, 6) is 0.561. The van der Waals surface area contributed by atoms with Crippen LogP contribution in [0.2, 0.25) is 5.02 Å². The number of methoxy groups -OCH3 is 1. The van der Waals surface area contributed by atoms with Gasteiger partial charge in [-0.15, -0.1) is 0 Å². The highest BCUT2D eigenvalue weighted by Crippen LogP contribution is 2.25. The molecule has 0 saturated heterocycles. The number of rotatable bonds is 8. The Kier molecular flexibility index (Phi) is 8.24. The van der Waals surface area contributed by atoms with Gasteiger partial charge in [0.25, 0.3) is 11.8 Å². The highest BCUT2D eigenvalue weighted by molar-refractivity contribution is 9.10. The molecule has 0 unspecified atom stereocenters. The summed E-state index contributed by atoms with van der Waals surface area (Å²) >= 11 is 9.22. The Bertz CT molecular complexity index is 1120. The van der Waals surface area contributed by atoms with Crippen LogP contribution in [-0.2, 0) is 4.79 Å². The molecular weight excluding hydrogens is 498 g/mol. The van der Waals surface area contributed by atoms with Crippen molar-refractivity contribution < 1.29 is 19.1 Å². The van der Waals surface area contributed by atoms with Crippen LogP contribution in [0.1, 0.15) is 15.9 Å². The largest absolute Gasteiger partial charge is 0.497 e. The molecule has 0 fully saturated rings. The molecule has 0 aliphatic heterocycles. The molecule has 9 heteroatoms. The van der Waals surface area contributed by atoms with Gasteiger partial charge in [0.05, 0.1) is 17.8 Å². The predicted molar refractivity (Wildman–Crippen MR) is 128 cm³/mol. The second-order valence-corrected chi connectivity index (χ2v) is 7.75. The lowest BCUT2D eigenvalue weighted by molar-refractivity contribution is -0.118. The topological polar surface area (TPSA) is 89.0 Å². The van der Waals surface area contributed by atoms with E-state index in [2.05, 4.69) is 31.8 Å². The summed E-state index contributed by atoms with van der Waals surface area (Å²) in [6.45, 7) is -0.158. The van der Waals surface area contributed by atoms with Gasteiger partial charge in [-0.05, 0) is 88.2 Å². The van der Waals surface area contributed by atoms with E-state index in [0.717, 1.165) is 5.56 Å². The molecule has 0 aliphatic rings. The molecule has 0 spiro atoms. The minimum atomic E-state index is -0.347. The Hall–Kier alpha value is -3.36. The first-order chi connectivity index (χ1) is 15.4. The second kappa shape index (κ2) is 11.3. The number of amides is 2. The zero-order valence-corrected chi connectivity index (χ0v) is 19.3. The Balaban J connectivity index is 1.50. The van der Waals surface area contributed by atoms with Crippen LogP contribution in [0.5, 0.6) is 11.5 Å². The summed E-state index contributed by atoms with van der Waals surface area (Å²) in [4.78, 5) is 24.1. The van der Waals surface area contributed by atoms with Crippen LogP contribution in [0.4, 0.5) is 5.69 Å². The molecule has 3 aromatic rings. The summed E-state index contributed by atoms with van der Waals surface area (Å²) < 4.78 is 11.3. The smallest absolute Gasteiger partial charge is 0.271 e. The molecule has 0 saturated carbocycles. The van der Waals surface area contributed by atoms with Gasteiger partial charge in [-0.1, -0.05) is 11.6 Å². The molecule has 164 valence electrons. The Morgan fingerprint density at radius 2 is 1.78 bits per heavy atom. The molecule has 2 N–H and O–H groups in total. The number of nitrogens with zero attached hydrogens (tertiary/aromatic N) is 1. The molecule has 0 atom stereocenters. The molecule has 32 heavy (non-hydrogen) atoms. The third-order valence-corrected chi connectivity index (χ3v) is 5.05. The van der Waals surface area contributed by atoms with Gasteiger partial charge < -0.3 is 14.8 Å². The first kappa shape index (κ1) is 23.3. The minimum absolute atomic E-state index is 0.158. The number of halogens is 2. The lowest BCUT2D eigenvalue weighted by Crippen LogP contribution is -2.20. The molecule has 0 heterocycles. The maximum atomic E-state index is 12.1. The molecule has 7 nitrogen and oxygen atoms in total. The van der Waals surface area contributed by atoms with E-state index in [-0.39, 0.29) is 18.4 Å². The summed E-state index contributed by atoms with van der Waals surface area (Å²) in [5.41, 5.74) is 4.27. The van der Waals surface area contributed by atoms with Gasteiger partial charge in [-0.3, -0.25) is 9.59 Å². The number of hydrogen-bond acceptors (Lipinski definition) is 5. The fraction of sp³-hybridized carbons (Fsp3) is 0.0870. The number of anilines is 1. The maximum absolute atomic E-state index is 12.1. The van der Waals surface area contributed by atoms with Crippen LogP contribution in [0.3, 0.4) is 0 Å². The van der Waals surface area contributed by atoms with Crippen molar-refractivity contribution in [3.05, 3.63) is 87.4 Å². The number of hydrazone groups is 1. The first-order valence-corrected chi connectivity index (χ1v) is 10.6. The molecule has 0 aromatic heterocycles. The van der Waals surface area contributed by atoms with Crippen molar-refractivity contribution in [2.24, 2.45) is 5.10 Å². The third kappa shape index (κ3) is 6.83. The monoisotopic (exact) mass is 515 g/mol. The molecule has 0 bridgehead atoms. The number of benzene rings is 3. The number of nitrogens with one attached hydrogen (secondary N) is 2. The van der Waals surface area contributed by atoms with E-state index in [1.807, 2.05) is 0 Å².